The first kappa shape index (κ1) is 44.8. The van der Waals surface area contributed by atoms with Crippen molar-refractivity contribution in [3.63, 3.8) is 0 Å². The molecule has 1 aliphatic carbocycles. The maximum Gasteiger partial charge on any atom is 2.00 e. The summed E-state index contributed by atoms with van der Waals surface area (Å²) in [6, 6.07) is 29.7. The van der Waals surface area contributed by atoms with E-state index in [9.17, 15) is 0 Å². The van der Waals surface area contributed by atoms with Crippen LogP contribution in [0.15, 0.2) is 71.9 Å². The fraction of sp³-hybridized carbons (Fsp3) is 0.455. The van der Waals surface area contributed by atoms with Gasteiger partial charge in [0.1, 0.15) is 22.9 Å². The molecule has 8 rings (SSSR count). The van der Waals surface area contributed by atoms with Gasteiger partial charge in [0, 0.05) is 45.3 Å². The van der Waals surface area contributed by atoms with Crippen molar-refractivity contribution >= 4 is 23.1 Å². The molecule has 0 bridgehead atoms. The number of fused-ring (bicyclic) bond motifs is 5. The molecule has 6 heteroatoms. The molecule has 322 valence electrons. The van der Waals surface area contributed by atoms with E-state index < -0.39 is 11.1 Å². The van der Waals surface area contributed by atoms with Gasteiger partial charge in [-0.3, -0.25) is 4.99 Å². The van der Waals surface area contributed by atoms with Gasteiger partial charge < -0.3 is 14.4 Å². The Morgan fingerprint density at radius 2 is 1.34 bits per heavy atom. The van der Waals surface area contributed by atoms with Crippen LogP contribution >= 0.6 is 0 Å². The van der Waals surface area contributed by atoms with Crippen LogP contribution in [0, 0.1) is 32.9 Å². The molecule has 2 aliphatic heterocycles. The summed E-state index contributed by atoms with van der Waals surface area (Å²) in [6.07, 6.45) is 1.88. The van der Waals surface area contributed by atoms with Crippen molar-refractivity contribution < 1.29 is 30.5 Å². The van der Waals surface area contributed by atoms with Crippen molar-refractivity contribution in [1.29, 1.82) is 0 Å². The number of benzene rings is 4. The molecule has 0 amide bonds. The largest absolute Gasteiger partial charge is 2.00 e. The molecular formula is C55H65N3O2Pt. The summed E-state index contributed by atoms with van der Waals surface area (Å²) in [6.45, 7) is 40.8. The van der Waals surface area contributed by atoms with Crippen LogP contribution in [0.4, 0.5) is 17.2 Å². The second-order valence-corrected chi connectivity index (χ2v) is 22.4. The molecule has 3 aliphatic rings. The predicted molar refractivity (Wildman–Crippen MR) is 248 cm³/mol. The predicted octanol–water partition coefficient (Wildman–Crippen LogP) is 14.1. The van der Waals surface area contributed by atoms with Crippen LogP contribution in [0.2, 0.25) is 0 Å². The monoisotopic (exact) mass is 994 g/mol. The number of ether oxygens (including phenoxy) is 2. The Bertz CT molecular complexity index is 2630. The van der Waals surface area contributed by atoms with Crippen LogP contribution < -0.4 is 9.64 Å². The normalized spacial score (nSPS) is 21.1. The Morgan fingerprint density at radius 3 is 1.98 bits per heavy atom. The maximum absolute atomic E-state index is 7.26. The molecule has 5 aromatic rings. The molecule has 3 heterocycles. The number of aliphatic imine (C=N–C) groups is 1. The fourth-order valence-electron chi connectivity index (χ4n) is 10.1. The van der Waals surface area contributed by atoms with Crippen LogP contribution in [0.5, 0.6) is 11.5 Å². The summed E-state index contributed by atoms with van der Waals surface area (Å²) in [5, 5.41) is 0. The van der Waals surface area contributed by atoms with Crippen LogP contribution in [0.3, 0.4) is 0 Å². The van der Waals surface area contributed by atoms with Gasteiger partial charge in [0.25, 0.3) is 0 Å². The molecule has 0 radical (unpaired) electrons. The van der Waals surface area contributed by atoms with Crippen molar-refractivity contribution in [2.24, 2.45) is 4.99 Å². The summed E-state index contributed by atoms with van der Waals surface area (Å²) in [7, 11) is 0. The molecule has 4 aromatic carbocycles. The third-order valence-electron chi connectivity index (χ3n) is 14.2. The number of hydrogen-bond donors (Lipinski definition) is 0. The topological polar surface area (TPSA) is 47.0 Å². The minimum absolute atomic E-state index is 0. The van der Waals surface area contributed by atoms with Crippen molar-refractivity contribution in [3.05, 3.63) is 140 Å². The Labute approximate surface area is 381 Å². The molecule has 0 saturated heterocycles. The Kier molecular flexibility index (Phi) is 10.4. The van der Waals surface area contributed by atoms with E-state index in [1.54, 1.807) is 0 Å². The number of aryl methyl sites for hydroxylation is 3. The van der Waals surface area contributed by atoms with Gasteiger partial charge in [-0.1, -0.05) is 164 Å². The molecule has 0 fully saturated rings. The van der Waals surface area contributed by atoms with Crippen molar-refractivity contribution in [1.82, 2.24) is 4.98 Å². The number of nitrogens with zero attached hydrogens (tertiary/aromatic N) is 3. The van der Waals surface area contributed by atoms with E-state index >= 15 is 0 Å². The van der Waals surface area contributed by atoms with E-state index in [2.05, 4.69) is 190 Å². The molecule has 5 nitrogen and oxygen atoms in total. The van der Waals surface area contributed by atoms with E-state index in [4.69, 9.17) is 19.5 Å². The summed E-state index contributed by atoms with van der Waals surface area (Å²) in [5.41, 5.74) is 13.0. The molecule has 0 unspecified atom stereocenters. The Balaban J connectivity index is 0.00000561. The fourth-order valence-corrected chi connectivity index (χ4v) is 10.1. The quantitative estimate of drug-likeness (QED) is 0.168. The number of rotatable bonds is 4. The zero-order valence-corrected chi connectivity index (χ0v) is 42.1. The van der Waals surface area contributed by atoms with Crippen molar-refractivity contribution in [2.45, 2.75) is 163 Å². The van der Waals surface area contributed by atoms with E-state index in [1.165, 1.54) is 38.9 Å². The van der Waals surface area contributed by atoms with E-state index in [0.717, 1.165) is 39.4 Å². The minimum atomic E-state index is -0.689. The summed E-state index contributed by atoms with van der Waals surface area (Å²) >= 11 is 0. The van der Waals surface area contributed by atoms with E-state index in [0.29, 0.717) is 17.4 Å². The molecular weight excluding hydrogens is 930 g/mol. The van der Waals surface area contributed by atoms with Crippen LogP contribution in [0.1, 0.15) is 165 Å². The first-order valence-electron chi connectivity index (χ1n) is 21.7. The third-order valence-corrected chi connectivity index (χ3v) is 14.2. The van der Waals surface area contributed by atoms with Gasteiger partial charge in [-0.15, -0.1) is 29.8 Å². The van der Waals surface area contributed by atoms with E-state index in [-0.39, 0.29) is 48.1 Å². The average molecular weight is 995 g/mol. The standard InChI is InChI=1S/C55H65N3O2.Pt/c1-32-24-37(58-44-22-21-35(49(4,5)6)27-41(44)52(13,14)40-20-19-23-56-47(40)58)30-38(25-32)59-45-31-39(33(2)26-34(45)3)48-57-55(18)53(15,16)46-42(51(10,11)12)28-36(50(7,8)9)29-43(46)54(55,17)60-48;/h19-29H,1-18H3;/q-2;+2/t54-,55+;/m0./s1. The van der Waals surface area contributed by atoms with Gasteiger partial charge >= 0.3 is 21.1 Å². The van der Waals surface area contributed by atoms with Gasteiger partial charge in [0.15, 0.2) is 0 Å². The summed E-state index contributed by atoms with van der Waals surface area (Å²) in [5.74, 6) is 2.75. The number of pyridine rings is 1. The van der Waals surface area contributed by atoms with Gasteiger partial charge in [0.2, 0.25) is 0 Å². The first-order valence-corrected chi connectivity index (χ1v) is 21.7. The SMILES string of the molecule is Cc1cc(Oc2[c-]c(C3=N[C@]4(C)C(C)(C)c5c(C(C)(C)C)cc(C(C)(C)C)cc5[C@]4(C)O3)c(C)cc2C)[c-]c(N2c3ccc(C(C)(C)C)cc3C(C)(C)c3cccnc32)c1.[Pt+2]. The number of aromatic nitrogens is 1. The smallest absolute Gasteiger partial charge is 0.508 e. The van der Waals surface area contributed by atoms with Crippen LogP contribution in [-0.2, 0) is 58.5 Å². The second-order valence-electron chi connectivity index (χ2n) is 22.4. The molecule has 0 spiro atoms. The number of anilines is 3. The maximum atomic E-state index is 7.26. The molecule has 1 aromatic heterocycles. The Morgan fingerprint density at radius 1 is 0.689 bits per heavy atom. The summed E-state index contributed by atoms with van der Waals surface area (Å²) < 4.78 is 14.1. The zero-order chi connectivity index (χ0) is 43.9. The van der Waals surface area contributed by atoms with Crippen molar-refractivity contribution in [2.75, 3.05) is 4.90 Å². The van der Waals surface area contributed by atoms with E-state index in [1.807, 2.05) is 18.3 Å². The van der Waals surface area contributed by atoms with Crippen molar-refractivity contribution in [3.8, 4) is 11.5 Å². The third kappa shape index (κ3) is 6.82. The van der Waals surface area contributed by atoms with Crippen LogP contribution in [-0.4, -0.2) is 16.4 Å². The molecule has 0 N–H and O–H groups in total. The zero-order valence-electron chi connectivity index (χ0n) is 39.8. The van der Waals surface area contributed by atoms with Crippen LogP contribution in [0.25, 0.3) is 0 Å². The summed E-state index contributed by atoms with van der Waals surface area (Å²) in [4.78, 5) is 12.8. The molecule has 61 heavy (non-hydrogen) atoms. The Hall–Kier alpha value is -4.21. The minimum Gasteiger partial charge on any atom is -0.508 e. The van der Waals surface area contributed by atoms with Gasteiger partial charge in [0.05, 0.1) is 0 Å². The molecule has 0 saturated carbocycles. The first-order chi connectivity index (χ1) is 27.6. The van der Waals surface area contributed by atoms with Gasteiger partial charge in [-0.25, -0.2) is 4.98 Å². The second kappa shape index (κ2) is 14.1. The molecule has 2 atom stereocenters. The number of hydrogen-bond acceptors (Lipinski definition) is 5. The van der Waals surface area contributed by atoms with Gasteiger partial charge in [-0.05, 0) is 70.0 Å². The average Bonchev–Trinajstić information content (AvgIpc) is 3.48. The van der Waals surface area contributed by atoms with Gasteiger partial charge in [-0.2, -0.15) is 5.56 Å².